The highest BCUT2D eigenvalue weighted by Gasteiger charge is 2.44. The van der Waals surface area contributed by atoms with Crippen LogP contribution in [0.5, 0.6) is 0 Å². The van der Waals surface area contributed by atoms with E-state index in [0.29, 0.717) is 12.8 Å². The maximum absolute atomic E-state index is 12.7. The minimum absolute atomic E-state index is 0.269. The number of unbranched alkanes of at least 4 members (excludes halogenated alkanes) is 16. The molecule has 0 bridgehead atoms. The summed E-state index contributed by atoms with van der Waals surface area (Å²) in [5.74, 6) is -0.269. The number of carbonyl (C=O) groups is 1. The van der Waals surface area contributed by atoms with E-state index in [0.717, 1.165) is 51.4 Å². The van der Waals surface area contributed by atoms with Crippen molar-refractivity contribution in [1.29, 1.82) is 0 Å². The van der Waals surface area contributed by atoms with Crippen molar-refractivity contribution in [3.8, 4) is 0 Å². The van der Waals surface area contributed by atoms with Crippen LogP contribution in [-0.2, 0) is 14.3 Å². The lowest BCUT2D eigenvalue weighted by Gasteiger charge is -2.40. The Hall–Kier alpha value is -0.850. The normalized spacial score (nSPS) is 24.5. The van der Waals surface area contributed by atoms with Gasteiger partial charge in [0.05, 0.1) is 25.4 Å². The van der Waals surface area contributed by atoms with Crippen LogP contribution in [0.1, 0.15) is 142 Å². The highest BCUT2D eigenvalue weighted by molar-refractivity contribution is 5.76. The lowest BCUT2D eigenvalue weighted by molar-refractivity contribution is -0.303. The summed E-state index contributed by atoms with van der Waals surface area (Å²) in [5.41, 5.74) is 0. The zero-order chi connectivity index (χ0) is 31.9. The largest absolute Gasteiger partial charge is 0.394 e. The molecule has 0 radical (unpaired) electrons. The highest BCUT2D eigenvalue weighted by atomic mass is 16.7. The molecule has 1 saturated heterocycles. The summed E-state index contributed by atoms with van der Waals surface area (Å²) in [6, 6.07) is -0.979. The van der Waals surface area contributed by atoms with Gasteiger partial charge < -0.3 is 45.4 Å². The first-order valence-electron chi connectivity index (χ1n) is 17.3. The molecular formula is C33H65NO9. The Kier molecular flexibility index (Phi) is 23.7. The summed E-state index contributed by atoms with van der Waals surface area (Å²) >= 11 is 0. The van der Waals surface area contributed by atoms with Crippen LogP contribution in [0.4, 0.5) is 0 Å². The molecular weight excluding hydrogens is 554 g/mol. The third-order valence-electron chi connectivity index (χ3n) is 8.55. The van der Waals surface area contributed by atoms with Crippen LogP contribution in [-0.4, -0.2) is 98.7 Å². The molecule has 1 amide bonds. The molecule has 0 spiro atoms. The second-order valence-corrected chi connectivity index (χ2v) is 12.5. The number of amides is 1. The second kappa shape index (κ2) is 25.4. The van der Waals surface area contributed by atoms with Crippen molar-refractivity contribution >= 4 is 5.91 Å². The van der Waals surface area contributed by atoms with Crippen LogP contribution in [0.15, 0.2) is 0 Å². The first-order chi connectivity index (χ1) is 20.8. The lowest BCUT2D eigenvalue weighted by atomic mass is 9.98. The average Bonchev–Trinajstić information content (AvgIpc) is 3.00. The quantitative estimate of drug-likeness (QED) is 0.0675. The van der Waals surface area contributed by atoms with Crippen molar-refractivity contribution in [1.82, 2.24) is 5.32 Å². The Morgan fingerprint density at radius 1 is 0.721 bits per heavy atom. The van der Waals surface area contributed by atoms with Crippen molar-refractivity contribution in [3.05, 3.63) is 0 Å². The van der Waals surface area contributed by atoms with Crippen LogP contribution in [0.25, 0.3) is 0 Å². The van der Waals surface area contributed by atoms with Gasteiger partial charge in [-0.1, -0.05) is 123 Å². The highest BCUT2D eigenvalue weighted by Crippen LogP contribution is 2.23. The molecule has 0 aromatic carbocycles. The Morgan fingerprint density at radius 2 is 1.21 bits per heavy atom. The van der Waals surface area contributed by atoms with Gasteiger partial charge in [-0.15, -0.1) is 0 Å². The van der Waals surface area contributed by atoms with Gasteiger partial charge in [0.1, 0.15) is 30.5 Å². The minimum atomic E-state index is -1.60. The van der Waals surface area contributed by atoms with Crippen LogP contribution < -0.4 is 5.32 Å². The molecule has 10 nitrogen and oxygen atoms in total. The van der Waals surface area contributed by atoms with Crippen LogP contribution >= 0.6 is 0 Å². The molecule has 1 heterocycles. The van der Waals surface area contributed by atoms with E-state index in [2.05, 4.69) is 19.2 Å². The van der Waals surface area contributed by atoms with Gasteiger partial charge in [0.25, 0.3) is 0 Å². The maximum atomic E-state index is 12.7. The zero-order valence-electron chi connectivity index (χ0n) is 27.1. The summed E-state index contributed by atoms with van der Waals surface area (Å²) in [4.78, 5) is 12.7. The molecule has 10 heteroatoms. The van der Waals surface area contributed by atoms with E-state index in [1.165, 1.54) is 57.8 Å². The van der Waals surface area contributed by atoms with Gasteiger partial charge >= 0.3 is 0 Å². The number of nitrogens with one attached hydrogen (secondary N) is 1. The summed E-state index contributed by atoms with van der Waals surface area (Å²) in [6.07, 6.45) is 11.5. The SMILES string of the molecule is CCCCCCCCCCCCCC[C@@H](O)[C@@H](O)[C@H](CO[C@H]1OC(CO)[C@H](O)[C@H](O)C1O)NC(=O)CCCCCCCC. The van der Waals surface area contributed by atoms with Gasteiger partial charge in [-0.05, 0) is 12.8 Å². The van der Waals surface area contributed by atoms with Gasteiger partial charge in [0.2, 0.25) is 5.91 Å². The smallest absolute Gasteiger partial charge is 0.220 e. The van der Waals surface area contributed by atoms with E-state index in [4.69, 9.17) is 9.47 Å². The molecule has 0 aliphatic carbocycles. The van der Waals surface area contributed by atoms with Crippen molar-refractivity contribution in [3.63, 3.8) is 0 Å². The molecule has 43 heavy (non-hydrogen) atoms. The predicted octanol–water partition coefficient (Wildman–Crippen LogP) is 3.85. The van der Waals surface area contributed by atoms with E-state index in [9.17, 15) is 35.4 Å². The summed E-state index contributed by atoms with van der Waals surface area (Å²) < 4.78 is 11.0. The monoisotopic (exact) mass is 619 g/mol. The standard InChI is InChI=1S/C33H65NO9/c1-3-5-7-9-11-12-13-14-15-16-17-19-21-26(36)29(38)25(34-28(37)22-20-18-10-8-6-4-2)24-42-33-32(41)31(40)30(39)27(23-35)43-33/h25-27,29-33,35-36,38-41H,3-24H2,1-2H3,(H,34,37)/t25-,26+,27?,29-,30-,31-,32?,33-/m0/s1. The number of carbonyl (C=O) groups excluding carboxylic acids is 1. The van der Waals surface area contributed by atoms with E-state index >= 15 is 0 Å². The molecule has 1 fully saturated rings. The van der Waals surface area contributed by atoms with E-state index in [1.807, 2.05) is 0 Å². The van der Waals surface area contributed by atoms with E-state index in [1.54, 1.807) is 0 Å². The van der Waals surface area contributed by atoms with Crippen molar-refractivity contribution in [2.24, 2.45) is 0 Å². The summed E-state index contributed by atoms with van der Waals surface area (Å²) in [7, 11) is 0. The first kappa shape index (κ1) is 40.2. The third kappa shape index (κ3) is 17.4. The van der Waals surface area contributed by atoms with Gasteiger partial charge in [0.15, 0.2) is 6.29 Å². The van der Waals surface area contributed by atoms with Crippen molar-refractivity contribution in [2.75, 3.05) is 13.2 Å². The van der Waals surface area contributed by atoms with Crippen LogP contribution in [0, 0.1) is 0 Å². The summed E-state index contributed by atoms with van der Waals surface area (Å²) in [5, 5.41) is 64.3. The van der Waals surface area contributed by atoms with Crippen LogP contribution in [0.3, 0.4) is 0 Å². The van der Waals surface area contributed by atoms with Gasteiger partial charge in [0, 0.05) is 6.42 Å². The number of rotatable bonds is 27. The Bertz CT molecular complexity index is 668. The van der Waals surface area contributed by atoms with Crippen LogP contribution in [0.2, 0.25) is 0 Å². The molecule has 0 aromatic rings. The molecule has 256 valence electrons. The fourth-order valence-corrected chi connectivity index (χ4v) is 5.61. The molecule has 1 rings (SSSR count). The minimum Gasteiger partial charge on any atom is -0.394 e. The molecule has 0 saturated carbocycles. The van der Waals surface area contributed by atoms with E-state index in [-0.39, 0.29) is 18.9 Å². The number of hydrogen-bond donors (Lipinski definition) is 7. The van der Waals surface area contributed by atoms with Crippen molar-refractivity contribution in [2.45, 2.75) is 191 Å². The third-order valence-corrected chi connectivity index (χ3v) is 8.55. The molecule has 2 unspecified atom stereocenters. The average molecular weight is 620 g/mol. The molecule has 8 atom stereocenters. The predicted molar refractivity (Wildman–Crippen MR) is 167 cm³/mol. The molecule has 0 aromatic heterocycles. The van der Waals surface area contributed by atoms with Gasteiger partial charge in [-0.3, -0.25) is 4.79 Å². The molecule has 7 N–H and O–H groups in total. The Morgan fingerprint density at radius 3 is 1.72 bits per heavy atom. The number of aliphatic hydroxyl groups is 6. The van der Waals surface area contributed by atoms with Crippen molar-refractivity contribution < 1.29 is 44.9 Å². The second-order valence-electron chi connectivity index (χ2n) is 12.5. The fourth-order valence-electron chi connectivity index (χ4n) is 5.61. The van der Waals surface area contributed by atoms with Gasteiger partial charge in [-0.2, -0.15) is 0 Å². The number of ether oxygens (including phenoxy) is 2. The fraction of sp³-hybridized carbons (Fsp3) is 0.970. The first-order valence-corrected chi connectivity index (χ1v) is 17.3. The van der Waals surface area contributed by atoms with Gasteiger partial charge in [-0.25, -0.2) is 0 Å². The Labute approximate surface area is 260 Å². The maximum Gasteiger partial charge on any atom is 0.220 e. The number of hydrogen-bond acceptors (Lipinski definition) is 9. The molecule has 1 aliphatic rings. The Balaban J connectivity index is 2.53. The topological polar surface area (TPSA) is 169 Å². The lowest BCUT2D eigenvalue weighted by Crippen LogP contribution is -2.60. The van der Waals surface area contributed by atoms with E-state index < -0.39 is 55.6 Å². The molecule has 1 aliphatic heterocycles. The zero-order valence-corrected chi connectivity index (χ0v) is 27.1. The summed E-state index contributed by atoms with van der Waals surface area (Å²) in [6.45, 7) is 3.49. The number of aliphatic hydroxyl groups excluding tert-OH is 6.